The lowest BCUT2D eigenvalue weighted by Crippen LogP contribution is -2.41. The van der Waals surface area contributed by atoms with Crippen LogP contribution in [0.3, 0.4) is 0 Å². The lowest BCUT2D eigenvalue weighted by Gasteiger charge is -2.31. The molecule has 0 saturated carbocycles. The van der Waals surface area contributed by atoms with E-state index < -0.39 is 0 Å². The Bertz CT molecular complexity index is 1010. The van der Waals surface area contributed by atoms with Crippen LogP contribution in [0.2, 0.25) is 0 Å². The highest BCUT2D eigenvalue weighted by Crippen LogP contribution is 2.25. The summed E-state index contributed by atoms with van der Waals surface area (Å²) in [6.45, 7) is 1.47. The number of ether oxygens (including phenoxy) is 1. The maximum absolute atomic E-state index is 11.1. The molecule has 3 aromatic rings. The van der Waals surface area contributed by atoms with Gasteiger partial charge in [0.2, 0.25) is 6.41 Å². The average Bonchev–Trinajstić information content (AvgIpc) is 2.80. The molecule has 1 aromatic heterocycles. The minimum absolute atomic E-state index is 0.166. The van der Waals surface area contributed by atoms with Crippen molar-refractivity contribution in [2.75, 3.05) is 18.4 Å². The zero-order chi connectivity index (χ0) is 20.8. The lowest BCUT2D eigenvalue weighted by molar-refractivity contribution is -0.119. The smallest absolute Gasteiger partial charge is 0.209 e. The van der Waals surface area contributed by atoms with Gasteiger partial charge in [-0.05, 0) is 55.3 Å². The molecule has 1 fully saturated rings. The summed E-state index contributed by atoms with van der Waals surface area (Å²) in [5.74, 6) is 1.49. The van der Waals surface area contributed by atoms with E-state index >= 15 is 0 Å². The molecule has 30 heavy (non-hydrogen) atoms. The van der Waals surface area contributed by atoms with Gasteiger partial charge in [-0.3, -0.25) is 15.2 Å². The quantitative estimate of drug-likeness (QED) is 0.457. The highest BCUT2D eigenvalue weighted by atomic mass is 16.5. The molecule has 1 unspecified atom stereocenters. The number of amides is 1. The van der Waals surface area contributed by atoms with Crippen molar-refractivity contribution < 1.29 is 9.53 Å². The Morgan fingerprint density at radius 3 is 2.63 bits per heavy atom. The first-order valence-electron chi connectivity index (χ1n) is 10.0. The SMILES string of the molecule is N=C(c1ccc(Oc2ccccc2)cc1)c1cnccc1NC1CCCN(C=O)C1. The van der Waals surface area contributed by atoms with E-state index in [4.69, 9.17) is 10.1 Å². The molecule has 152 valence electrons. The van der Waals surface area contributed by atoms with Crippen molar-refractivity contribution in [3.05, 3.63) is 84.2 Å². The molecule has 0 aliphatic carbocycles. The molecule has 2 heterocycles. The van der Waals surface area contributed by atoms with Gasteiger partial charge in [0.15, 0.2) is 0 Å². The topological polar surface area (TPSA) is 78.3 Å². The number of pyridine rings is 1. The van der Waals surface area contributed by atoms with Gasteiger partial charge >= 0.3 is 0 Å². The standard InChI is InChI=1S/C24H24N4O2/c25-24(18-8-10-21(11-9-18)30-20-6-2-1-3-7-20)22-15-26-13-12-23(22)27-19-5-4-14-28(16-19)17-29/h1-3,6-13,15,17,19,25H,4-5,14,16H2,(H,26,27). The molecular formula is C24H24N4O2. The van der Waals surface area contributed by atoms with Crippen molar-refractivity contribution in [2.45, 2.75) is 18.9 Å². The number of aromatic nitrogens is 1. The van der Waals surface area contributed by atoms with Crippen molar-refractivity contribution in [1.82, 2.24) is 9.88 Å². The van der Waals surface area contributed by atoms with Gasteiger partial charge in [-0.2, -0.15) is 0 Å². The summed E-state index contributed by atoms with van der Waals surface area (Å²) in [7, 11) is 0. The van der Waals surface area contributed by atoms with Gasteiger partial charge in [-0.25, -0.2) is 0 Å². The minimum Gasteiger partial charge on any atom is -0.457 e. The molecule has 1 aliphatic heterocycles. The number of benzene rings is 2. The molecule has 1 saturated heterocycles. The molecular weight excluding hydrogens is 376 g/mol. The molecule has 2 N–H and O–H groups in total. The van der Waals surface area contributed by atoms with E-state index in [1.807, 2.05) is 60.7 Å². The maximum atomic E-state index is 11.1. The number of nitrogens with zero attached hydrogens (tertiary/aromatic N) is 2. The second kappa shape index (κ2) is 9.22. The summed E-state index contributed by atoms with van der Waals surface area (Å²) in [4.78, 5) is 17.1. The van der Waals surface area contributed by atoms with Crippen molar-refractivity contribution >= 4 is 17.8 Å². The van der Waals surface area contributed by atoms with E-state index in [1.54, 1.807) is 17.3 Å². The monoisotopic (exact) mass is 400 g/mol. The normalized spacial score (nSPS) is 16.0. The van der Waals surface area contributed by atoms with Crippen LogP contribution in [-0.2, 0) is 4.79 Å². The van der Waals surface area contributed by atoms with Gasteiger partial charge < -0.3 is 15.0 Å². The first-order chi connectivity index (χ1) is 14.7. The number of hydrogen-bond donors (Lipinski definition) is 2. The van der Waals surface area contributed by atoms with E-state index in [9.17, 15) is 4.79 Å². The predicted octanol–water partition coefficient (Wildman–Crippen LogP) is 4.32. The molecule has 0 bridgehead atoms. The molecule has 0 radical (unpaired) electrons. The summed E-state index contributed by atoms with van der Waals surface area (Å²) in [5.41, 5.74) is 2.76. The fourth-order valence-electron chi connectivity index (χ4n) is 3.63. The largest absolute Gasteiger partial charge is 0.457 e. The molecule has 1 amide bonds. The van der Waals surface area contributed by atoms with E-state index in [1.165, 1.54) is 0 Å². The van der Waals surface area contributed by atoms with Gasteiger partial charge in [-0.15, -0.1) is 0 Å². The third-order valence-corrected chi connectivity index (χ3v) is 5.17. The number of rotatable bonds is 7. The fourth-order valence-corrected chi connectivity index (χ4v) is 3.63. The van der Waals surface area contributed by atoms with Crippen LogP contribution in [0, 0.1) is 5.41 Å². The first kappa shape index (κ1) is 19.6. The predicted molar refractivity (Wildman–Crippen MR) is 117 cm³/mol. The Labute approximate surface area is 176 Å². The highest BCUT2D eigenvalue weighted by Gasteiger charge is 2.20. The Kier molecular flexibility index (Phi) is 6.03. The number of carbonyl (C=O) groups excluding carboxylic acids is 1. The van der Waals surface area contributed by atoms with Gasteiger partial charge in [-0.1, -0.05) is 18.2 Å². The van der Waals surface area contributed by atoms with Crippen LogP contribution in [-0.4, -0.2) is 41.1 Å². The molecule has 1 aliphatic rings. The van der Waals surface area contributed by atoms with Crippen molar-refractivity contribution in [1.29, 1.82) is 5.41 Å². The van der Waals surface area contributed by atoms with E-state index in [0.29, 0.717) is 12.3 Å². The van der Waals surface area contributed by atoms with E-state index in [0.717, 1.165) is 54.1 Å². The van der Waals surface area contributed by atoms with Gasteiger partial charge in [0.25, 0.3) is 0 Å². The van der Waals surface area contributed by atoms with Crippen LogP contribution in [0.4, 0.5) is 5.69 Å². The molecule has 1 atom stereocenters. The second-order valence-corrected chi connectivity index (χ2v) is 7.32. The third kappa shape index (κ3) is 4.66. The van der Waals surface area contributed by atoms with Crippen molar-refractivity contribution in [3.8, 4) is 11.5 Å². The summed E-state index contributed by atoms with van der Waals surface area (Å²) < 4.78 is 5.84. The Balaban J connectivity index is 1.49. The second-order valence-electron chi connectivity index (χ2n) is 7.32. The van der Waals surface area contributed by atoms with Crippen LogP contribution < -0.4 is 10.1 Å². The summed E-state index contributed by atoms with van der Waals surface area (Å²) in [6, 6.07) is 19.1. The van der Waals surface area contributed by atoms with Gasteiger partial charge in [0, 0.05) is 48.3 Å². The van der Waals surface area contributed by atoms with Crippen LogP contribution >= 0.6 is 0 Å². The summed E-state index contributed by atoms with van der Waals surface area (Å²) >= 11 is 0. The van der Waals surface area contributed by atoms with Crippen LogP contribution in [0.1, 0.15) is 24.0 Å². The number of nitrogens with one attached hydrogen (secondary N) is 2. The number of likely N-dealkylation sites (tertiary alicyclic amines) is 1. The number of carbonyl (C=O) groups is 1. The number of hydrogen-bond acceptors (Lipinski definition) is 5. The first-order valence-corrected chi connectivity index (χ1v) is 10.0. The number of anilines is 1. The number of para-hydroxylation sites is 1. The van der Waals surface area contributed by atoms with Crippen molar-refractivity contribution in [2.24, 2.45) is 0 Å². The zero-order valence-electron chi connectivity index (χ0n) is 16.6. The lowest BCUT2D eigenvalue weighted by atomic mass is 10.0. The minimum atomic E-state index is 0.166. The van der Waals surface area contributed by atoms with Gasteiger partial charge in [0.1, 0.15) is 11.5 Å². The highest BCUT2D eigenvalue weighted by molar-refractivity contribution is 6.13. The van der Waals surface area contributed by atoms with E-state index in [2.05, 4.69) is 10.3 Å². The Morgan fingerprint density at radius 1 is 1.10 bits per heavy atom. The van der Waals surface area contributed by atoms with Crippen LogP contribution in [0.25, 0.3) is 0 Å². The summed E-state index contributed by atoms with van der Waals surface area (Å²) in [6.07, 6.45) is 6.29. The molecule has 6 nitrogen and oxygen atoms in total. The molecule has 0 spiro atoms. The Hall–Kier alpha value is -3.67. The molecule has 4 rings (SSSR count). The number of piperidine rings is 1. The molecule has 2 aromatic carbocycles. The fraction of sp³-hybridized carbons (Fsp3) is 0.208. The average molecular weight is 400 g/mol. The van der Waals surface area contributed by atoms with Crippen molar-refractivity contribution in [3.63, 3.8) is 0 Å². The summed E-state index contributed by atoms with van der Waals surface area (Å²) in [5, 5.41) is 12.2. The molecule has 6 heteroatoms. The van der Waals surface area contributed by atoms with Crippen LogP contribution in [0.15, 0.2) is 73.1 Å². The zero-order valence-corrected chi connectivity index (χ0v) is 16.6. The van der Waals surface area contributed by atoms with Crippen LogP contribution in [0.5, 0.6) is 11.5 Å². The van der Waals surface area contributed by atoms with E-state index in [-0.39, 0.29) is 6.04 Å². The third-order valence-electron chi connectivity index (χ3n) is 5.17. The maximum Gasteiger partial charge on any atom is 0.209 e. The van der Waals surface area contributed by atoms with Gasteiger partial charge in [0.05, 0.1) is 5.71 Å². The Morgan fingerprint density at radius 2 is 1.87 bits per heavy atom.